The van der Waals surface area contributed by atoms with E-state index in [0.717, 1.165) is 55.7 Å². The molecule has 1 fully saturated rings. The van der Waals surface area contributed by atoms with Crippen LogP contribution in [0.15, 0.2) is 65.2 Å². The molecule has 0 aromatic carbocycles. The van der Waals surface area contributed by atoms with Crippen LogP contribution in [0.25, 0.3) is 11.2 Å². The van der Waals surface area contributed by atoms with Gasteiger partial charge in [-0.25, -0.2) is 4.98 Å². The summed E-state index contributed by atoms with van der Waals surface area (Å²) in [4.78, 5) is 24.8. The summed E-state index contributed by atoms with van der Waals surface area (Å²) in [7, 11) is 0. The zero-order valence-electron chi connectivity index (χ0n) is 23.8. The largest absolute Gasteiger partial charge is 0.324 e. The van der Waals surface area contributed by atoms with Gasteiger partial charge in [-0.2, -0.15) is 0 Å². The van der Waals surface area contributed by atoms with Gasteiger partial charge in [0.2, 0.25) is 0 Å². The molecule has 1 N–H and O–H groups in total. The Morgan fingerprint density at radius 2 is 1.92 bits per heavy atom. The van der Waals surface area contributed by atoms with Crippen molar-refractivity contribution in [2.75, 3.05) is 13.1 Å². The van der Waals surface area contributed by atoms with Crippen LogP contribution in [0.1, 0.15) is 91.5 Å². The third-order valence-electron chi connectivity index (χ3n) is 7.73. The highest BCUT2D eigenvalue weighted by atomic mass is 16.1. The van der Waals surface area contributed by atoms with Crippen molar-refractivity contribution in [3.63, 3.8) is 0 Å². The minimum atomic E-state index is -0.0794. The Labute approximate surface area is 222 Å². The molecule has 6 nitrogen and oxygen atoms in total. The number of allylic oxidation sites excluding steroid dienone is 4. The minimum absolute atomic E-state index is 0.0794. The second-order valence-electron chi connectivity index (χ2n) is 10.1. The maximum absolute atomic E-state index is 13.2. The van der Waals surface area contributed by atoms with Gasteiger partial charge in [-0.05, 0) is 69.2 Å². The van der Waals surface area contributed by atoms with Crippen molar-refractivity contribution < 1.29 is 0 Å². The lowest BCUT2D eigenvalue weighted by Crippen LogP contribution is -2.27. The molecule has 2 aromatic rings. The van der Waals surface area contributed by atoms with Gasteiger partial charge in [0.15, 0.2) is 5.65 Å². The highest BCUT2D eigenvalue weighted by molar-refractivity contribution is 5.76. The standard InChI is InChI=1S/C29H39N5O.C2H6/c1-7-19(3)21(5)16-33-17-24(13-25(22(33)6)20(4)8-2)26-14-29(35)34-18-27(31-15-28(34)32-26)23-9-11-30-12-10-23;1-2/h13-20,23,30H,6-12H2,1-5H3;1-2H3/b21-16-;. The molecule has 4 rings (SSSR count). The summed E-state index contributed by atoms with van der Waals surface area (Å²) in [6, 6.07) is 1.65. The van der Waals surface area contributed by atoms with Crippen LogP contribution >= 0.6 is 0 Å². The Morgan fingerprint density at radius 1 is 1.22 bits per heavy atom. The number of hydrogen-bond donors (Lipinski definition) is 1. The molecule has 0 spiro atoms. The number of rotatable bonds is 7. The van der Waals surface area contributed by atoms with Crippen LogP contribution in [0.5, 0.6) is 0 Å². The first-order valence-electron chi connectivity index (χ1n) is 14.0. The van der Waals surface area contributed by atoms with Gasteiger partial charge in [0.1, 0.15) is 0 Å². The first kappa shape index (κ1) is 28.6. The lowest BCUT2D eigenvalue weighted by Gasteiger charge is -2.30. The molecule has 2 aliphatic rings. The summed E-state index contributed by atoms with van der Waals surface area (Å²) in [5.74, 6) is 1.22. The summed E-state index contributed by atoms with van der Waals surface area (Å²) in [5, 5.41) is 3.39. The fourth-order valence-corrected chi connectivity index (χ4v) is 4.74. The zero-order valence-corrected chi connectivity index (χ0v) is 23.8. The summed E-state index contributed by atoms with van der Waals surface area (Å²) < 4.78 is 1.64. The number of hydrogen-bond acceptors (Lipinski definition) is 5. The van der Waals surface area contributed by atoms with Crippen LogP contribution in [0.3, 0.4) is 0 Å². The Bertz CT molecular complexity index is 1250. The lowest BCUT2D eigenvalue weighted by atomic mass is 9.90. The van der Waals surface area contributed by atoms with E-state index in [1.165, 1.54) is 11.1 Å². The van der Waals surface area contributed by atoms with Crippen molar-refractivity contribution in [2.45, 2.75) is 80.1 Å². The van der Waals surface area contributed by atoms with Crippen LogP contribution in [-0.4, -0.2) is 32.4 Å². The van der Waals surface area contributed by atoms with Gasteiger partial charge in [0.05, 0.1) is 17.6 Å². The second kappa shape index (κ2) is 13.0. The molecule has 0 radical (unpaired) electrons. The van der Waals surface area contributed by atoms with Gasteiger partial charge in [-0.3, -0.25) is 14.2 Å². The van der Waals surface area contributed by atoms with Crippen molar-refractivity contribution in [1.29, 1.82) is 0 Å². The molecule has 0 saturated carbocycles. The molecule has 0 aliphatic carbocycles. The van der Waals surface area contributed by atoms with E-state index < -0.39 is 0 Å². The third-order valence-corrected chi connectivity index (χ3v) is 7.73. The third kappa shape index (κ3) is 6.48. The molecular formula is C31H45N5O. The van der Waals surface area contributed by atoms with Crippen molar-refractivity contribution in [1.82, 2.24) is 24.6 Å². The lowest BCUT2D eigenvalue weighted by molar-refractivity contribution is 0.452. The summed E-state index contributed by atoms with van der Waals surface area (Å²) in [5.41, 5.74) is 6.52. The quantitative estimate of drug-likeness (QED) is 0.457. The number of aromatic nitrogens is 3. The van der Waals surface area contributed by atoms with Gasteiger partial charge in [-0.1, -0.05) is 53.7 Å². The van der Waals surface area contributed by atoms with Crippen LogP contribution in [-0.2, 0) is 0 Å². The Kier molecular flexibility index (Phi) is 10.0. The maximum atomic E-state index is 13.2. The number of fused-ring (bicyclic) bond motifs is 1. The summed E-state index contributed by atoms with van der Waals surface area (Å²) >= 11 is 0. The molecule has 6 heteroatoms. The molecule has 37 heavy (non-hydrogen) atoms. The highest BCUT2D eigenvalue weighted by Gasteiger charge is 2.22. The number of nitrogens with zero attached hydrogens (tertiary/aromatic N) is 4. The molecule has 4 heterocycles. The highest BCUT2D eigenvalue weighted by Crippen LogP contribution is 2.34. The Morgan fingerprint density at radius 3 is 2.57 bits per heavy atom. The maximum Gasteiger partial charge on any atom is 0.258 e. The second-order valence-corrected chi connectivity index (χ2v) is 10.1. The smallest absolute Gasteiger partial charge is 0.258 e. The van der Waals surface area contributed by atoms with E-state index in [1.54, 1.807) is 16.7 Å². The van der Waals surface area contributed by atoms with E-state index in [-0.39, 0.29) is 5.56 Å². The van der Waals surface area contributed by atoms with Crippen molar-refractivity contribution in [2.24, 2.45) is 11.8 Å². The number of piperidine rings is 1. The fraction of sp³-hybridized carbons (Fsp3) is 0.516. The molecule has 1 saturated heterocycles. The molecule has 2 aliphatic heterocycles. The van der Waals surface area contributed by atoms with E-state index in [2.05, 4.69) is 69.9 Å². The minimum Gasteiger partial charge on any atom is -0.324 e. The predicted molar refractivity (Wildman–Crippen MR) is 155 cm³/mol. The topological polar surface area (TPSA) is 62.5 Å². The van der Waals surface area contributed by atoms with Gasteiger partial charge in [0.25, 0.3) is 5.56 Å². The Hall–Kier alpha value is -2.99. The van der Waals surface area contributed by atoms with Crippen LogP contribution in [0.2, 0.25) is 0 Å². The summed E-state index contributed by atoms with van der Waals surface area (Å²) in [6.45, 7) is 21.4. The molecule has 2 unspecified atom stereocenters. The fourth-order valence-electron chi connectivity index (χ4n) is 4.74. The SMILES string of the molecule is C=C1C(C(C)CC)=CC(c2cc(=O)n3cc(C4CCNCC4)ncc3n2)=CN1/C=C(/C)C(C)CC.CC. The van der Waals surface area contributed by atoms with E-state index in [4.69, 9.17) is 9.97 Å². The van der Waals surface area contributed by atoms with E-state index in [1.807, 2.05) is 20.0 Å². The average molecular weight is 504 g/mol. The van der Waals surface area contributed by atoms with Gasteiger partial charge < -0.3 is 10.2 Å². The van der Waals surface area contributed by atoms with Crippen LogP contribution in [0.4, 0.5) is 0 Å². The Balaban J connectivity index is 0.00000186. The molecule has 0 amide bonds. The van der Waals surface area contributed by atoms with Crippen LogP contribution in [0, 0.1) is 11.8 Å². The monoisotopic (exact) mass is 503 g/mol. The molecule has 2 aromatic heterocycles. The van der Waals surface area contributed by atoms with Crippen molar-refractivity contribution in [3.05, 3.63) is 82.1 Å². The molecule has 2 atom stereocenters. The van der Waals surface area contributed by atoms with Gasteiger partial charge in [0, 0.05) is 41.9 Å². The predicted octanol–water partition coefficient (Wildman–Crippen LogP) is 6.68. The molecular weight excluding hydrogens is 458 g/mol. The van der Waals surface area contributed by atoms with Gasteiger partial charge >= 0.3 is 0 Å². The van der Waals surface area contributed by atoms with Crippen molar-refractivity contribution >= 4 is 11.2 Å². The number of nitrogens with one attached hydrogen (secondary N) is 1. The molecule has 0 bridgehead atoms. The van der Waals surface area contributed by atoms with Crippen molar-refractivity contribution in [3.8, 4) is 0 Å². The zero-order chi connectivity index (χ0) is 27.1. The van der Waals surface area contributed by atoms with Crippen LogP contribution < -0.4 is 10.9 Å². The van der Waals surface area contributed by atoms with E-state index in [9.17, 15) is 4.79 Å². The van der Waals surface area contributed by atoms with Gasteiger partial charge in [-0.15, -0.1) is 0 Å². The van der Waals surface area contributed by atoms with E-state index in [0.29, 0.717) is 29.1 Å². The normalized spacial score (nSPS) is 18.6. The average Bonchev–Trinajstić information content (AvgIpc) is 2.94. The molecule has 200 valence electrons. The summed E-state index contributed by atoms with van der Waals surface area (Å²) in [6.07, 6.45) is 14.2. The first-order valence-corrected chi connectivity index (χ1v) is 14.0. The van der Waals surface area contributed by atoms with E-state index >= 15 is 0 Å². The first-order chi connectivity index (χ1) is 17.8.